The fourth-order valence-electron chi connectivity index (χ4n) is 3.57. The Hall–Kier alpha value is -1.35. The molecule has 0 N–H and O–H groups in total. The van der Waals surface area contributed by atoms with Crippen molar-refractivity contribution in [3.63, 3.8) is 0 Å². The normalized spacial score (nSPS) is 17.8. The Morgan fingerprint density at radius 1 is 1.21 bits per heavy atom. The molecule has 1 aromatic carbocycles. The third-order valence-electron chi connectivity index (χ3n) is 4.80. The number of hydrogen-bond donors (Lipinski definition) is 0. The van der Waals surface area contributed by atoms with Crippen LogP contribution in [0.3, 0.4) is 0 Å². The van der Waals surface area contributed by atoms with Crippen LogP contribution in [0.2, 0.25) is 0 Å². The van der Waals surface area contributed by atoms with Gasteiger partial charge >= 0.3 is 0 Å². The summed E-state index contributed by atoms with van der Waals surface area (Å²) in [5.41, 5.74) is 3.42. The first-order valence-corrected chi connectivity index (χ1v) is 9.64. The van der Waals surface area contributed by atoms with Gasteiger partial charge in [-0.3, -0.25) is 9.69 Å². The first-order valence-electron chi connectivity index (χ1n) is 9.64. The average Bonchev–Trinajstić information content (AvgIpc) is 2.61. The number of piperidine rings is 1. The van der Waals surface area contributed by atoms with E-state index < -0.39 is 0 Å². The van der Waals surface area contributed by atoms with Crippen molar-refractivity contribution in [3.05, 3.63) is 29.3 Å². The molecule has 0 aliphatic carbocycles. The van der Waals surface area contributed by atoms with Crippen LogP contribution >= 0.6 is 0 Å². The van der Waals surface area contributed by atoms with Crippen molar-refractivity contribution >= 4 is 11.6 Å². The van der Waals surface area contributed by atoms with Crippen molar-refractivity contribution in [2.24, 2.45) is 0 Å². The Bertz CT molecular complexity index is 492. The molecule has 0 spiro atoms. The van der Waals surface area contributed by atoms with Gasteiger partial charge in [-0.15, -0.1) is 0 Å². The average molecular weight is 333 g/mol. The standard InChI is InChI=1S/C19H30N2O.C2H6/c1-5-6-13-21-14-8-7-12-17(21)19(22)20(4)18-15(2)10-9-11-16(18)3;1-2/h9-11,17H,5-8,12-14H2,1-4H3;1-2H3. The van der Waals surface area contributed by atoms with E-state index >= 15 is 0 Å². The molecule has 1 heterocycles. The van der Waals surface area contributed by atoms with Gasteiger partial charge in [0, 0.05) is 12.7 Å². The minimum Gasteiger partial charge on any atom is -0.314 e. The Morgan fingerprint density at radius 2 is 1.83 bits per heavy atom. The maximum atomic E-state index is 13.1. The zero-order valence-corrected chi connectivity index (χ0v) is 16.6. The lowest BCUT2D eigenvalue weighted by atomic mass is 9.99. The van der Waals surface area contributed by atoms with Crippen LogP contribution in [0.1, 0.15) is 64.0 Å². The lowest BCUT2D eigenvalue weighted by Gasteiger charge is -2.37. The van der Waals surface area contributed by atoms with Crippen molar-refractivity contribution in [1.82, 2.24) is 4.90 Å². The highest BCUT2D eigenvalue weighted by Crippen LogP contribution is 2.27. The zero-order valence-electron chi connectivity index (χ0n) is 16.6. The molecule has 0 bridgehead atoms. The Labute approximate surface area is 149 Å². The molecule has 1 unspecified atom stereocenters. The maximum absolute atomic E-state index is 13.1. The molecule has 1 saturated heterocycles. The number of likely N-dealkylation sites (tertiary alicyclic amines) is 1. The number of amides is 1. The molecule has 3 heteroatoms. The van der Waals surface area contributed by atoms with E-state index in [0.717, 1.165) is 25.2 Å². The quantitative estimate of drug-likeness (QED) is 0.762. The van der Waals surface area contributed by atoms with Crippen molar-refractivity contribution in [2.75, 3.05) is 25.0 Å². The first kappa shape index (κ1) is 20.7. The smallest absolute Gasteiger partial charge is 0.244 e. The molecule has 0 aromatic heterocycles. The van der Waals surface area contributed by atoms with Gasteiger partial charge in [-0.2, -0.15) is 0 Å². The van der Waals surface area contributed by atoms with Crippen LogP contribution in [0.15, 0.2) is 18.2 Å². The molecule has 3 nitrogen and oxygen atoms in total. The Kier molecular flexibility index (Phi) is 9.05. The molecule has 24 heavy (non-hydrogen) atoms. The molecule has 0 radical (unpaired) electrons. The van der Waals surface area contributed by atoms with Crippen molar-refractivity contribution in [1.29, 1.82) is 0 Å². The molecular weight excluding hydrogens is 296 g/mol. The summed E-state index contributed by atoms with van der Waals surface area (Å²) in [6.45, 7) is 12.5. The van der Waals surface area contributed by atoms with Crippen LogP contribution in [-0.4, -0.2) is 37.0 Å². The Morgan fingerprint density at radius 3 is 2.42 bits per heavy atom. The lowest BCUT2D eigenvalue weighted by Crippen LogP contribution is -2.50. The van der Waals surface area contributed by atoms with Crippen LogP contribution in [-0.2, 0) is 4.79 Å². The molecule has 1 aliphatic heterocycles. The Balaban J connectivity index is 0.00000139. The second-order valence-corrected chi connectivity index (χ2v) is 6.54. The van der Waals surface area contributed by atoms with Crippen LogP contribution in [0.4, 0.5) is 5.69 Å². The summed E-state index contributed by atoms with van der Waals surface area (Å²) >= 11 is 0. The molecule has 1 atom stereocenters. The summed E-state index contributed by atoms with van der Waals surface area (Å²) in [5, 5.41) is 0. The summed E-state index contributed by atoms with van der Waals surface area (Å²) in [4.78, 5) is 17.4. The second kappa shape index (κ2) is 10.5. The number of para-hydroxylation sites is 1. The van der Waals surface area contributed by atoms with Gasteiger partial charge < -0.3 is 4.90 Å². The number of carbonyl (C=O) groups excluding carboxylic acids is 1. The van der Waals surface area contributed by atoms with Gasteiger partial charge in [0.2, 0.25) is 5.91 Å². The highest BCUT2D eigenvalue weighted by molar-refractivity contribution is 5.98. The molecule has 1 aromatic rings. The lowest BCUT2D eigenvalue weighted by molar-refractivity contribution is -0.124. The number of nitrogens with zero attached hydrogens (tertiary/aromatic N) is 2. The van der Waals surface area contributed by atoms with E-state index in [9.17, 15) is 4.79 Å². The van der Waals surface area contributed by atoms with Gasteiger partial charge in [-0.25, -0.2) is 0 Å². The second-order valence-electron chi connectivity index (χ2n) is 6.54. The van der Waals surface area contributed by atoms with E-state index in [1.54, 1.807) is 0 Å². The summed E-state index contributed by atoms with van der Waals surface area (Å²) in [6, 6.07) is 6.29. The van der Waals surface area contributed by atoms with Crippen molar-refractivity contribution in [2.45, 2.75) is 72.8 Å². The summed E-state index contributed by atoms with van der Waals surface area (Å²) in [5.74, 6) is 0.258. The third-order valence-corrected chi connectivity index (χ3v) is 4.80. The van der Waals surface area contributed by atoms with Gasteiger partial charge in [-0.1, -0.05) is 51.8 Å². The van der Waals surface area contributed by atoms with E-state index in [1.807, 2.05) is 25.8 Å². The molecule has 136 valence electrons. The number of aryl methyl sites for hydroxylation is 2. The predicted octanol–water partition coefficient (Wildman–Crippen LogP) is 4.95. The molecule has 1 amide bonds. The van der Waals surface area contributed by atoms with Crippen molar-refractivity contribution in [3.8, 4) is 0 Å². The number of unbranched alkanes of at least 4 members (excludes halogenated alkanes) is 1. The fourth-order valence-corrected chi connectivity index (χ4v) is 3.57. The topological polar surface area (TPSA) is 23.6 Å². The summed E-state index contributed by atoms with van der Waals surface area (Å²) in [6.07, 6.45) is 5.75. The molecule has 1 fully saturated rings. The van der Waals surface area contributed by atoms with E-state index in [2.05, 4.69) is 43.9 Å². The monoisotopic (exact) mass is 332 g/mol. The number of rotatable bonds is 5. The van der Waals surface area contributed by atoms with Crippen LogP contribution in [0, 0.1) is 13.8 Å². The molecule has 1 aliphatic rings. The largest absolute Gasteiger partial charge is 0.314 e. The minimum absolute atomic E-state index is 0.0595. The van der Waals surface area contributed by atoms with Gasteiger partial charge in [-0.05, 0) is 57.3 Å². The highest BCUT2D eigenvalue weighted by Gasteiger charge is 2.31. The highest BCUT2D eigenvalue weighted by atomic mass is 16.2. The van der Waals surface area contributed by atoms with Gasteiger partial charge in [0.05, 0.1) is 6.04 Å². The molecule has 2 rings (SSSR count). The zero-order chi connectivity index (χ0) is 18.1. The van der Waals surface area contributed by atoms with Crippen molar-refractivity contribution < 1.29 is 4.79 Å². The van der Waals surface area contributed by atoms with E-state index in [-0.39, 0.29) is 11.9 Å². The minimum atomic E-state index is 0.0595. The number of benzene rings is 1. The first-order chi connectivity index (χ1) is 11.6. The van der Waals surface area contributed by atoms with Gasteiger partial charge in [0.1, 0.15) is 0 Å². The number of likely N-dealkylation sites (N-methyl/N-ethyl adjacent to an activating group) is 1. The van der Waals surface area contributed by atoms with Gasteiger partial charge in [0.15, 0.2) is 0 Å². The van der Waals surface area contributed by atoms with Gasteiger partial charge in [0.25, 0.3) is 0 Å². The number of hydrogen-bond acceptors (Lipinski definition) is 2. The number of carbonyl (C=O) groups is 1. The maximum Gasteiger partial charge on any atom is 0.244 e. The van der Waals surface area contributed by atoms with Crippen LogP contribution < -0.4 is 4.90 Å². The molecule has 0 saturated carbocycles. The summed E-state index contributed by atoms with van der Waals surface area (Å²) < 4.78 is 0. The van der Waals surface area contributed by atoms with E-state index in [4.69, 9.17) is 0 Å². The van der Waals surface area contributed by atoms with E-state index in [0.29, 0.717) is 0 Å². The fraction of sp³-hybridized carbons (Fsp3) is 0.667. The van der Waals surface area contributed by atoms with Crippen LogP contribution in [0.25, 0.3) is 0 Å². The number of anilines is 1. The third kappa shape index (κ3) is 5.07. The van der Waals surface area contributed by atoms with Crippen LogP contribution in [0.5, 0.6) is 0 Å². The van der Waals surface area contributed by atoms with E-state index in [1.165, 1.54) is 36.8 Å². The summed E-state index contributed by atoms with van der Waals surface area (Å²) in [7, 11) is 1.93. The molecular formula is C21H36N2O. The predicted molar refractivity (Wildman–Crippen MR) is 105 cm³/mol. The SMILES string of the molecule is CC.CCCCN1CCCCC1C(=O)N(C)c1c(C)cccc1C.